The Kier molecular flexibility index (Phi) is 4.25. The number of ether oxygens (including phenoxy) is 4. The zero-order chi connectivity index (χ0) is 16.5. The molecule has 2 heterocycles. The zero-order valence-corrected chi connectivity index (χ0v) is 12.6. The minimum absolute atomic E-state index is 0.0524. The van der Waals surface area contributed by atoms with Crippen molar-refractivity contribution in [1.82, 2.24) is 0 Å². The predicted molar refractivity (Wildman–Crippen MR) is 70.6 cm³/mol. The van der Waals surface area contributed by atoms with E-state index in [2.05, 4.69) is 0 Å². The van der Waals surface area contributed by atoms with Gasteiger partial charge in [-0.1, -0.05) is 0 Å². The summed E-state index contributed by atoms with van der Waals surface area (Å²) < 4.78 is 20.2. The van der Waals surface area contributed by atoms with Gasteiger partial charge < -0.3 is 24.1 Å². The Morgan fingerprint density at radius 3 is 2.05 bits per heavy atom. The lowest BCUT2D eigenvalue weighted by Crippen LogP contribution is -2.39. The number of hydrogen-bond acceptors (Lipinski definition) is 8. The summed E-state index contributed by atoms with van der Waals surface area (Å²) in [6.07, 6.45) is 0.613. The van der Waals surface area contributed by atoms with Crippen molar-refractivity contribution in [3.8, 4) is 0 Å². The quantitative estimate of drug-likeness (QED) is 0.534. The van der Waals surface area contributed by atoms with Crippen molar-refractivity contribution in [3.63, 3.8) is 0 Å². The molecule has 1 N–H and O–H groups in total. The summed E-state index contributed by atoms with van der Waals surface area (Å²) in [6, 6.07) is 0. The summed E-state index contributed by atoms with van der Waals surface area (Å²) in [6.45, 7) is 0.483. The Labute approximate surface area is 127 Å². The van der Waals surface area contributed by atoms with Gasteiger partial charge in [0.15, 0.2) is 0 Å². The van der Waals surface area contributed by atoms with E-state index in [1.54, 1.807) is 0 Å². The number of rotatable bonds is 5. The molecular weight excluding hydrogens is 296 g/mol. The van der Waals surface area contributed by atoms with Gasteiger partial charge in [-0.3, -0.25) is 4.79 Å². The van der Waals surface area contributed by atoms with Crippen molar-refractivity contribution < 1.29 is 38.4 Å². The summed E-state index contributed by atoms with van der Waals surface area (Å²) >= 11 is 0. The highest BCUT2D eigenvalue weighted by atomic mass is 16.6. The lowest BCUT2D eigenvalue weighted by atomic mass is 9.77. The average Bonchev–Trinajstić information content (AvgIpc) is 3.03. The fourth-order valence-electron chi connectivity index (χ4n) is 3.05. The van der Waals surface area contributed by atoms with Crippen LogP contribution in [0.4, 0.5) is 0 Å². The van der Waals surface area contributed by atoms with Gasteiger partial charge >= 0.3 is 17.9 Å². The first kappa shape index (κ1) is 16.4. The minimum Gasteiger partial charge on any atom is -0.466 e. The highest BCUT2D eigenvalue weighted by Gasteiger charge is 2.65. The van der Waals surface area contributed by atoms with Crippen LogP contribution >= 0.6 is 0 Å². The van der Waals surface area contributed by atoms with Crippen molar-refractivity contribution in [2.75, 3.05) is 27.4 Å². The number of carbonyl (C=O) groups is 3. The highest BCUT2D eigenvalue weighted by Crippen LogP contribution is 2.54. The second-order valence-electron chi connectivity index (χ2n) is 5.26. The Morgan fingerprint density at radius 2 is 1.59 bits per heavy atom. The second-order valence-corrected chi connectivity index (χ2v) is 5.26. The van der Waals surface area contributed by atoms with E-state index in [0.29, 0.717) is 12.8 Å². The van der Waals surface area contributed by atoms with Gasteiger partial charge in [0.2, 0.25) is 0 Å². The molecule has 0 unspecified atom stereocenters. The first-order valence-electron chi connectivity index (χ1n) is 6.72. The van der Waals surface area contributed by atoms with Gasteiger partial charge in [-0.15, -0.1) is 0 Å². The molecule has 1 saturated heterocycles. The normalized spacial score (nSPS) is 29.5. The fourth-order valence-corrected chi connectivity index (χ4v) is 3.05. The van der Waals surface area contributed by atoms with Crippen LogP contribution in [0.2, 0.25) is 0 Å². The molecule has 0 radical (unpaired) electrons. The van der Waals surface area contributed by atoms with Gasteiger partial charge in [0.25, 0.3) is 0 Å². The van der Waals surface area contributed by atoms with E-state index in [4.69, 9.17) is 18.9 Å². The molecule has 22 heavy (non-hydrogen) atoms. The molecule has 0 saturated carbocycles. The average molecular weight is 314 g/mol. The molecule has 2 bridgehead atoms. The molecule has 1 fully saturated rings. The molecule has 8 heteroatoms. The van der Waals surface area contributed by atoms with Crippen LogP contribution in [0.5, 0.6) is 0 Å². The second kappa shape index (κ2) is 5.69. The topological polar surface area (TPSA) is 108 Å². The number of esters is 3. The molecule has 0 spiro atoms. The maximum absolute atomic E-state index is 12.2. The maximum atomic E-state index is 12.2. The Hall–Kier alpha value is -1.93. The smallest absolute Gasteiger partial charge is 0.337 e. The molecule has 0 aromatic rings. The number of carbonyl (C=O) groups excluding carboxylic acids is 3. The number of aliphatic hydroxyl groups excluding tert-OH is 1. The molecule has 0 aromatic heterocycles. The van der Waals surface area contributed by atoms with Crippen LogP contribution < -0.4 is 0 Å². The van der Waals surface area contributed by atoms with Crippen molar-refractivity contribution >= 4 is 17.9 Å². The van der Waals surface area contributed by atoms with Gasteiger partial charge in [-0.2, -0.15) is 0 Å². The number of aliphatic hydroxyl groups is 1. The van der Waals surface area contributed by atoms with Gasteiger partial charge in [0, 0.05) is 6.92 Å². The third-order valence-corrected chi connectivity index (χ3v) is 4.03. The first-order chi connectivity index (χ1) is 10.4. The summed E-state index contributed by atoms with van der Waals surface area (Å²) in [5, 5.41) is 9.70. The van der Waals surface area contributed by atoms with E-state index in [9.17, 15) is 19.5 Å². The Bertz CT molecular complexity index is 551. The van der Waals surface area contributed by atoms with E-state index >= 15 is 0 Å². The largest absolute Gasteiger partial charge is 0.466 e. The fraction of sp³-hybridized carbons (Fsp3) is 0.643. The molecule has 0 aliphatic carbocycles. The third-order valence-electron chi connectivity index (χ3n) is 4.03. The van der Waals surface area contributed by atoms with Gasteiger partial charge in [-0.05, 0) is 12.8 Å². The van der Waals surface area contributed by atoms with Gasteiger partial charge in [-0.25, -0.2) is 9.59 Å². The van der Waals surface area contributed by atoms with E-state index < -0.39 is 35.7 Å². The monoisotopic (exact) mass is 314 g/mol. The summed E-state index contributed by atoms with van der Waals surface area (Å²) in [5.74, 6) is -2.10. The zero-order valence-electron chi connectivity index (χ0n) is 12.6. The molecular formula is C14H18O8. The molecule has 122 valence electrons. The van der Waals surface area contributed by atoms with E-state index in [1.807, 2.05) is 0 Å². The standard InChI is InChI=1S/C14H18O8/c1-8(16)21-7-14-5-4-13(6-15,22-14)9(11(17)19-2)10(14)12(18)20-3/h15H,4-7H2,1-3H3/t13-,14+/m1/s1. The number of methoxy groups -OCH3 is 2. The Morgan fingerprint density at radius 1 is 1.09 bits per heavy atom. The minimum atomic E-state index is -1.34. The molecule has 2 aliphatic heterocycles. The van der Waals surface area contributed by atoms with Crippen molar-refractivity contribution in [2.45, 2.75) is 31.0 Å². The molecule has 2 rings (SSSR count). The van der Waals surface area contributed by atoms with Crippen LogP contribution in [-0.4, -0.2) is 61.6 Å². The van der Waals surface area contributed by atoms with Crippen LogP contribution in [-0.2, 0) is 33.3 Å². The summed E-state index contributed by atoms with van der Waals surface area (Å²) in [5.41, 5.74) is -2.76. The van der Waals surface area contributed by atoms with Crippen molar-refractivity contribution in [2.24, 2.45) is 0 Å². The molecule has 8 nitrogen and oxygen atoms in total. The molecule has 2 aliphatic rings. The van der Waals surface area contributed by atoms with Crippen LogP contribution in [0.1, 0.15) is 19.8 Å². The maximum Gasteiger partial charge on any atom is 0.337 e. The predicted octanol–water partition coefficient (Wildman–Crippen LogP) is -0.514. The van der Waals surface area contributed by atoms with Crippen LogP contribution in [0.3, 0.4) is 0 Å². The molecule has 2 atom stereocenters. The van der Waals surface area contributed by atoms with Crippen LogP contribution in [0.15, 0.2) is 11.1 Å². The van der Waals surface area contributed by atoms with Gasteiger partial charge in [0.05, 0.1) is 32.0 Å². The lowest BCUT2D eigenvalue weighted by Gasteiger charge is -2.26. The SMILES string of the molecule is COC(=O)C1=C(C(=O)OC)[C@@]2(COC(C)=O)CC[C@]1(CO)O2. The van der Waals surface area contributed by atoms with Crippen LogP contribution in [0.25, 0.3) is 0 Å². The third kappa shape index (κ3) is 2.28. The lowest BCUT2D eigenvalue weighted by molar-refractivity contribution is -0.155. The molecule has 0 amide bonds. The number of fused-ring (bicyclic) bond motifs is 2. The Balaban J connectivity index is 2.56. The number of hydrogen-bond donors (Lipinski definition) is 1. The summed E-state index contributed by atoms with van der Waals surface area (Å²) in [4.78, 5) is 35.3. The van der Waals surface area contributed by atoms with E-state index in [1.165, 1.54) is 21.1 Å². The van der Waals surface area contributed by atoms with Crippen molar-refractivity contribution in [1.29, 1.82) is 0 Å². The summed E-state index contributed by atoms with van der Waals surface area (Å²) in [7, 11) is 2.33. The molecule has 0 aromatic carbocycles. The van der Waals surface area contributed by atoms with E-state index in [0.717, 1.165) is 0 Å². The highest BCUT2D eigenvalue weighted by molar-refractivity contribution is 6.05. The first-order valence-corrected chi connectivity index (χ1v) is 6.72. The van der Waals surface area contributed by atoms with Crippen molar-refractivity contribution in [3.05, 3.63) is 11.1 Å². The van der Waals surface area contributed by atoms with Crippen LogP contribution in [0, 0.1) is 0 Å². The van der Waals surface area contributed by atoms with Gasteiger partial charge in [0.1, 0.15) is 17.8 Å². The van der Waals surface area contributed by atoms with E-state index in [-0.39, 0.29) is 17.8 Å².